The van der Waals surface area contributed by atoms with Crippen LogP contribution in [0.15, 0.2) is 72.0 Å². The zero-order valence-corrected chi connectivity index (χ0v) is 20.9. The molecule has 0 aliphatic carbocycles. The molecular weight excluding hydrogens is 541 g/mol. The molecule has 3 aromatic heterocycles. The van der Waals surface area contributed by atoms with Crippen molar-refractivity contribution in [2.75, 3.05) is 10.0 Å². The number of hydrogen-bond acceptors (Lipinski definition) is 7. The normalized spacial score (nSPS) is 11.5. The lowest BCUT2D eigenvalue weighted by Gasteiger charge is -2.13. The summed E-state index contributed by atoms with van der Waals surface area (Å²) >= 11 is 5.88. The molecule has 0 radical (unpaired) electrons. The van der Waals surface area contributed by atoms with E-state index in [0.717, 1.165) is 12.1 Å². The number of nitrogens with one attached hydrogen (secondary N) is 2. The molecule has 192 valence electrons. The maximum atomic E-state index is 14.1. The number of aromatic nitrogens is 4. The summed E-state index contributed by atoms with van der Waals surface area (Å²) in [6.45, 7) is 1.57. The first-order chi connectivity index (χ1) is 18.1. The minimum atomic E-state index is -4.38. The molecule has 0 saturated carbocycles. The number of halogens is 4. The Kier molecular flexibility index (Phi) is 6.59. The van der Waals surface area contributed by atoms with E-state index >= 15 is 0 Å². The van der Waals surface area contributed by atoms with E-state index in [1.165, 1.54) is 36.8 Å². The highest BCUT2D eigenvalue weighted by atomic mass is 35.5. The Morgan fingerprint density at radius 1 is 0.895 bits per heavy atom. The van der Waals surface area contributed by atoms with E-state index in [2.05, 4.69) is 30.0 Å². The van der Waals surface area contributed by atoms with Crippen molar-refractivity contribution in [3.8, 4) is 11.3 Å². The first-order valence-electron chi connectivity index (χ1n) is 10.9. The van der Waals surface area contributed by atoms with Crippen molar-refractivity contribution in [2.45, 2.75) is 11.8 Å². The summed E-state index contributed by atoms with van der Waals surface area (Å²) in [7, 11) is -4.38. The standard InChI is InChI=1S/C25H16ClF3N6O2S/c1-13-22(35-38(36,37)23-7-2-15(27)9-19(23)29)8-14(11-30-13)20-5-6-21-24(34-20)25(32-12-31-21)33-16-3-4-18(28)17(26)10-16/h2-12,35H,1H3,(H,31,32,33). The third kappa shape index (κ3) is 5.08. The number of rotatable bonds is 6. The first kappa shape index (κ1) is 25.4. The first-order valence-corrected chi connectivity index (χ1v) is 12.8. The topological polar surface area (TPSA) is 110 Å². The zero-order chi connectivity index (χ0) is 27.0. The van der Waals surface area contributed by atoms with Crippen LogP contribution in [0.4, 0.5) is 30.4 Å². The SMILES string of the molecule is Cc1ncc(-c2ccc3ncnc(Nc4ccc(F)c(Cl)c4)c3n2)cc1NS(=O)(=O)c1ccc(F)cc1F. The minimum Gasteiger partial charge on any atom is -0.338 e. The van der Waals surface area contributed by atoms with Crippen molar-refractivity contribution in [3.05, 3.63) is 95.3 Å². The Labute approximate surface area is 219 Å². The Hall–Kier alpha value is -4.29. The molecule has 2 aromatic carbocycles. The molecule has 0 aliphatic heterocycles. The van der Waals surface area contributed by atoms with Crippen LogP contribution < -0.4 is 10.0 Å². The average molecular weight is 557 g/mol. The van der Waals surface area contributed by atoms with Gasteiger partial charge in [-0.15, -0.1) is 0 Å². The van der Waals surface area contributed by atoms with Gasteiger partial charge in [-0.25, -0.2) is 36.5 Å². The third-order valence-electron chi connectivity index (χ3n) is 5.47. The summed E-state index contributed by atoms with van der Waals surface area (Å²) in [5, 5.41) is 2.97. The summed E-state index contributed by atoms with van der Waals surface area (Å²) in [5.41, 5.74) is 2.61. The van der Waals surface area contributed by atoms with E-state index in [1.807, 2.05) is 0 Å². The summed E-state index contributed by atoms with van der Waals surface area (Å²) in [6.07, 6.45) is 2.84. The molecule has 3 heterocycles. The fraction of sp³-hybridized carbons (Fsp3) is 0.0400. The van der Waals surface area contributed by atoms with Crippen LogP contribution in [0.5, 0.6) is 0 Å². The van der Waals surface area contributed by atoms with E-state index in [-0.39, 0.29) is 10.7 Å². The number of benzene rings is 2. The van der Waals surface area contributed by atoms with Crippen LogP contribution in [-0.2, 0) is 10.0 Å². The molecule has 2 N–H and O–H groups in total. The highest BCUT2D eigenvalue weighted by Crippen LogP contribution is 2.29. The van der Waals surface area contributed by atoms with Crippen molar-refractivity contribution >= 4 is 49.9 Å². The van der Waals surface area contributed by atoms with Crippen LogP contribution in [0.1, 0.15) is 5.69 Å². The number of fused-ring (bicyclic) bond motifs is 1. The molecule has 0 saturated heterocycles. The predicted molar refractivity (Wildman–Crippen MR) is 137 cm³/mol. The monoisotopic (exact) mass is 556 g/mol. The van der Waals surface area contributed by atoms with E-state index in [9.17, 15) is 21.6 Å². The lowest BCUT2D eigenvalue weighted by molar-refractivity contribution is 0.551. The summed E-state index contributed by atoms with van der Waals surface area (Å²) in [6, 6.07) is 11.1. The largest absolute Gasteiger partial charge is 0.338 e. The molecule has 13 heteroatoms. The molecule has 38 heavy (non-hydrogen) atoms. The molecule has 0 aliphatic rings. The number of anilines is 3. The van der Waals surface area contributed by atoms with Crippen molar-refractivity contribution < 1.29 is 21.6 Å². The van der Waals surface area contributed by atoms with Crippen molar-refractivity contribution in [3.63, 3.8) is 0 Å². The van der Waals surface area contributed by atoms with Crippen molar-refractivity contribution in [1.82, 2.24) is 19.9 Å². The van der Waals surface area contributed by atoms with Gasteiger partial charge < -0.3 is 5.32 Å². The second-order valence-corrected chi connectivity index (χ2v) is 10.1. The van der Waals surface area contributed by atoms with Gasteiger partial charge in [0.25, 0.3) is 10.0 Å². The van der Waals surface area contributed by atoms with Crippen LogP contribution in [0, 0.1) is 24.4 Å². The Morgan fingerprint density at radius 3 is 2.47 bits per heavy atom. The molecule has 5 rings (SSSR count). The van der Waals surface area contributed by atoms with Gasteiger partial charge in [0, 0.05) is 23.5 Å². The molecule has 0 spiro atoms. The number of hydrogen-bond donors (Lipinski definition) is 2. The van der Waals surface area contributed by atoms with Crippen LogP contribution >= 0.6 is 11.6 Å². The maximum Gasteiger partial charge on any atom is 0.264 e. The van der Waals surface area contributed by atoms with E-state index in [0.29, 0.717) is 45.6 Å². The fourth-order valence-corrected chi connectivity index (χ4v) is 4.92. The molecule has 0 bridgehead atoms. The second kappa shape index (κ2) is 9.88. The zero-order valence-electron chi connectivity index (χ0n) is 19.4. The Bertz CT molecular complexity index is 1820. The second-order valence-electron chi connectivity index (χ2n) is 8.08. The fourth-order valence-electron chi connectivity index (χ4n) is 3.57. The molecule has 0 unspecified atom stereocenters. The highest BCUT2D eigenvalue weighted by Gasteiger charge is 2.21. The smallest absolute Gasteiger partial charge is 0.264 e. The molecule has 8 nitrogen and oxygen atoms in total. The number of pyridine rings is 2. The van der Waals surface area contributed by atoms with Gasteiger partial charge in [0.15, 0.2) is 5.82 Å². The lowest BCUT2D eigenvalue weighted by Crippen LogP contribution is -2.16. The summed E-state index contributed by atoms with van der Waals surface area (Å²) in [4.78, 5) is 16.6. The van der Waals surface area contributed by atoms with Crippen LogP contribution in [-0.4, -0.2) is 28.4 Å². The van der Waals surface area contributed by atoms with Crippen LogP contribution in [0.25, 0.3) is 22.3 Å². The van der Waals surface area contributed by atoms with Crippen LogP contribution in [0.3, 0.4) is 0 Å². The molecule has 0 atom stereocenters. The number of nitrogens with zero attached hydrogens (tertiary/aromatic N) is 4. The minimum absolute atomic E-state index is 0.0664. The van der Waals surface area contributed by atoms with Gasteiger partial charge in [0.2, 0.25) is 0 Å². The maximum absolute atomic E-state index is 14.1. The molecule has 0 fully saturated rings. The van der Waals surface area contributed by atoms with Crippen LogP contribution in [0.2, 0.25) is 5.02 Å². The van der Waals surface area contributed by atoms with E-state index in [4.69, 9.17) is 11.6 Å². The van der Waals surface area contributed by atoms with Gasteiger partial charge in [-0.05, 0) is 55.5 Å². The Balaban J connectivity index is 1.51. The quantitative estimate of drug-likeness (QED) is 0.263. The summed E-state index contributed by atoms with van der Waals surface area (Å²) < 4.78 is 68.9. The predicted octanol–water partition coefficient (Wildman–Crippen LogP) is 6.01. The van der Waals surface area contributed by atoms with Gasteiger partial charge in [-0.3, -0.25) is 9.71 Å². The van der Waals surface area contributed by atoms with Gasteiger partial charge in [-0.1, -0.05) is 11.6 Å². The van der Waals surface area contributed by atoms with Crippen molar-refractivity contribution in [1.29, 1.82) is 0 Å². The molecule has 0 amide bonds. The van der Waals surface area contributed by atoms with Gasteiger partial charge in [0.1, 0.15) is 34.2 Å². The van der Waals surface area contributed by atoms with Crippen molar-refractivity contribution in [2.24, 2.45) is 0 Å². The third-order valence-corrected chi connectivity index (χ3v) is 7.16. The summed E-state index contributed by atoms with van der Waals surface area (Å²) in [5.74, 6) is -2.36. The lowest BCUT2D eigenvalue weighted by atomic mass is 10.1. The number of aryl methyl sites for hydroxylation is 1. The van der Waals surface area contributed by atoms with E-state index in [1.54, 1.807) is 19.1 Å². The van der Waals surface area contributed by atoms with Gasteiger partial charge in [-0.2, -0.15) is 0 Å². The van der Waals surface area contributed by atoms with Gasteiger partial charge in [0.05, 0.1) is 27.6 Å². The van der Waals surface area contributed by atoms with E-state index < -0.39 is 32.4 Å². The molecule has 5 aromatic rings. The van der Waals surface area contributed by atoms with Gasteiger partial charge >= 0.3 is 0 Å². The number of sulfonamides is 1. The average Bonchev–Trinajstić information content (AvgIpc) is 2.87. The Morgan fingerprint density at radius 2 is 1.71 bits per heavy atom. The highest BCUT2D eigenvalue weighted by molar-refractivity contribution is 7.92. The molecular formula is C25H16ClF3N6O2S.